The first-order valence-electron chi connectivity index (χ1n) is 5.49. The number of rotatable bonds is 3. The van der Waals surface area contributed by atoms with Crippen LogP contribution in [0.2, 0.25) is 0 Å². The van der Waals surface area contributed by atoms with Crippen LogP contribution in [0.15, 0.2) is 30.7 Å². The number of hydrogen-bond acceptors (Lipinski definition) is 2. The topological polar surface area (TPSA) is 57.8 Å². The molecule has 0 aliphatic heterocycles. The standard InChI is InChI=1S/C13H15N3O/c1-9-3-4-12(10(2)5-9)13(17)15-7-11-6-14-8-16-11/h3-6,8H,7H2,1-2H3,(H,14,16)(H,15,17). The number of nitrogens with zero attached hydrogens (tertiary/aromatic N) is 1. The third-order valence-corrected chi connectivity index (χ3v) is 2.62. The second-order valence-corrected chi connectivity index (χ2v) is 4.08. The third-order valence-electron chi connectivity index (χ3n) is 2.62. The van der Waals surface area contributed by atoms with E-state index in [9.17, 15) is 4.79 Å². The number of nitrogens with one attached hydrogen (secondary N) is 2. The number of hydrogen-bond donors (Lipinski definition) is 2. The quantitative estimate of drug-likeness (QED) is 0.845. The van der Waals surface area contributed by atoms with Crippen molar-refractivity contribution in [3.8, 4) is 0 Å². The minimum atomic E-state index is -0.0582. The maximum absolute atomic E-state index is 11.9. The normalized spacial score (nSPS) is 10.2. The Morgan fingerprint density at radius 1 is 1.41 bits per heavy atom. The van der Waals surface area contributed by atoms with Crippen LogP contribution in [0.1, 0.15) is 27.2 Å². The molecule has 0 aliphatic carbocycles. The molecule has 0 atom stereocenters. The maximum atomic E-state index is 11.9. The number of aromatic amines is 1. The van der Waals surface area contributed by atoms with E-state index in [1.165, 1.54) is 0 Å². The number of aryl methyl sites for hydroxylation is 2. The van der Waals surface area contributed by atoms with Crippen molar-refractivity contribution in [3.63, 3.8) is 0 Å². The average molecular weight is 229 g/mol. The van der Waals surface area contributed by atoms with Crippen molar-refractivity contribution in [2.45, 2.75) is 20.4 Å². The van der Waals surface area contributed by atoms with Gasteiger partial charge in [-0.25, -0.2) is 4.98 Å². The first kappa shape index (κ1) is 11.4. The Morgan fingerprint density at radius 3 is 2.88 bits per heavy atom. The molecule has 2 rings (SSSR count). The first-order valence-corrected chi connectivity index (χ1v) is 5.49. The van der Waals surface area contributed by atoms with Gasteiger partial charge in [0.15, 0.2) is 0 Å². The Kier molecular flexibility index (Phi) is 3.23. The summed E-state index contributed by atoms with van der Waals surface area (Å²) >= 11 is 0. The summed E-state index contributed by atoms with van der Waals surface area (Å²) in [7, 11) is 0. The van der Waals surface area contributed by atoms with Crippen LogP contribution in [0.25, 0.3) is 0 Å². The second kappa shape index (κ2) is 4.82. The Labute approximate surface area is 100 Å². The molecule has 2 N–H and O–H groups in total. The summed E-state index contributed by atoms with van der Waals surface area (Å²) in [6, 6.07) is 5.80. The lowest BCUT2D eigenvalue weighted by molar-refractivity contribution is 0.0950. The highest BCUT2D eigenvalue weighted by Gasteiger charge is 2.08. The SMILES string of the molecule is Cc1ccc(C(=O)NCc2cnc[nH]2)c(C)c1. The van der Waals surface area contributed by atoms with Crippen LogP contribution in [-0.2, 0) is 6.54 Å². The Hall–Kier alpha value is -2.10. The van der Waals surface area contributed by atoms with Gasteiger partial charge in [-0.3, -0.25) is 4.79 Å². The molecule has 0 unspecified atom stereocenters. The summed E-state index contributed by atoms with van der Waals surface area (Å²) in [6.07, 6.45) is 3.29. The lowest BCUT2D eigenvalue weighted by Crippen LogP contribution is -2.23. The van der Waals surface area contributed by atoms with Gasteiger partial charge in [0.2, 0.25) is 0 Å². The van der Waals surface area contributed by atoms with Crippen molar-refractivity contribution >= 4 is 5.91 Å². The smallest absolute Gasteiger partial charge is 0.251 e. The first-order chi connectivity index (χ1) is 8.16. The summed E-state index contributed by atoms with van der Waals surface area (Å²) in [5.74, 6) is -0.0582. The molecule has 4 nitrogen and oxygen atoms in total. The van der Waals surface area contributed by atoms with Crippen LogP contribution in [0.4, 0.5) is 0 Å². The Morgan fingerprint density at radius 2 is 2.24 bits per heavy atom. The number of H-pyrrole nitrogens is 1. The van der Waals surface area contributed by atoms with Crippen molar-refractivity contribution in [1.82, 2.24) is 15.3 Å². The third kappa shape index (κ3) is 2.72. The van der Waals surface area contributed by atoms with Crippen LogP contribution >= 0.6 is 0 Å². The van der Waals surface area contributed by atoms with Gasteiger partial charge in [0.05, 0.1) is 18.6 Å². The van der Waals surface area contributed by atoms with E-state index in [4.69, 9.17) is 0 Å². The van der Waals surface area contributed by atoms with Crippen molar-refractivity contribution in [2.75, 3.05) is 0 Å². The summed E-state index contributed by atoms with van der Waals surface area (Å²) < 4.78 is 0. The van der Waals surface area contributed by atoms with Gasteiger partial charge >= 0.3 is 0 Å². The summed E-state index contributed by atoms with van der Waals surface area (Å²) in [6.45, 7) is 4.42. The van der Waals surface area contributed by atoms with E-state index in [-0.39, 0.29) is 5.91 Å². The number of carbonyl (C=O) groups excluding carboxylic acids is 1. The molecule has 1 aromatic carbocycles. The molecule has 0 saturated heterocycles. The molecule has 4 heteroatoms. The summed E-state index contributed by atoms with van der Waals surface area (Å²) in [5, 5.41) is 2.85. The van der Waals surface area contributed by atoms with E-state index in [2.05, 4.69) is 15.3 Å². The van der Waals surface area contributed by atoms with Gasteiger partial charge in [0.25, 0.3) is 5.91 Å². The molecular weight excluding hydrogens is 214 g/mol. The zero-order valence-electron chi connectivity index (χ0n) is 9.95. The van der Waals surface area contributed by atoms with Crippen LogP contribution in [0, 0.1) is 13.8 Å². The van der Waals surface area contributed by atoms with Gasteiger partial charge in [-0.15, -0.1) is 0 Å². The molecule has 0 bridgehead atoms. The molecule has 1 heterocycles. The van der Waals surface area contributed by atoms with Crippen LogP contribution in [0.3, 0.4) is 0 Å². The van der Waals surface area contributed by atoms with Crippen LogP contribution < -0.4 is 5.32 Å². The van der Waals surface area contributed by atoms with E-state index in [0.717, 1.165) is 22.4 Å². The molecule has 2 aromatic rings. The minimum Gasteiger partial charge on any atom is -0.347 e. The molecule has 0 saturated carbocycles. The van der Waals surface area contributed by atoms with Gasteiger partial charge in [-0.2, -0.15) is 0 Å². The number of aromatic nitrogens is 2. The molecule has 1 amide bonds. The van der Waals surface area contributed by atoms with Crippen LogP contribution in [0.5, 0.6) is 0 Å². The van der Waals surface area contributed by atoms with Crippen molar-refractivity contribution in [1.29, 1.82) is 0 Å². The Bertz CT molecular complexity index is 517. The van der Waals surface area contributed by atoms with E-state index >= 15 is 0 Å². The zero-order chi connectivity index (χ0) is 12.3. The second-order valence-electron chi connectivity index (χ2n) is 4.08. The lowest BCUT2D eigenvalue weighted by Gasteiger charge is -2.07. The van der Waals surface area contributed by atoms with Gasteiger partial charge in [0.1, 0.15) is 0 Å². The highest BCUT2D eigenvalue weighted by Crippen LogP contribution is 2.10. The summed E-state index contributed by atoms with van der Waals surface area (Å²) in [4.78, 5) is 18.8. The summed E-state index contributed by atoms with van der Waals surface area (Å²) in [5.41, 5.74) is 3.76. The van der Waals surface area contributed by atoms with Gasteiger partial charge < -0.3 is 10.3 Å². The molecule has 88 valence electrons. The predicted octanol–water partition coefficient (Wildman–Crippen LogP) is 1.96. The van der Waals surface area contributed by atoms with E-state index in [0.29, 0.717) is 6.54 Å². The lowest BCUT2D eigenvalue weighted by atomic mass is 10.1. The molecule has 0 aliphatic rings. The molecule has 0 fully saturated rings. The molecular formula is C13H15N3O. The van der Waals surface area contributed by atoms with Crippen LogP contribution in [-0.4, -0.2) is 15.9 Å². The minimum absolute atomic E-state index is 0.0582. The number of carbonyl (C=O) groups is 1. The zero-order valence-corrected chi connectivity index (χ0v) is 9.95. The molecule has 17 heavy (non-hydrogen) atoms. The molecule has 0 spiro atoms. The highest BCUT2D eigenvalue weighted by atomic mass is 16.1. The average Bonchev–Trinajstić information content (AvgIpc) is 2.78. The van der Waals surface area contributed by atoms with Crippen molar-refractivity contribution < 1.29 is 4.79 Å². The number of benzene rings is 1. The maximum Gasteiger partial charge on any atom is 0.251 e. The van der Waals surface area contributed by atoms with Gasteiger partial charge in [-0.1, -0.05) is 17.7 Å². The largest absolute Gasteiger partial charge is 0.347 e. The van der Waals surface area contributed by atoms with Crippen molar-refractivity contribution in [3.05, 3.63) is 53.1 Å². The van der Waals surface area contributed by atoms with Gasteiger partial charge in [0, 0.05) is 11.8 Å². The fraction of sp³-hybridized carbons (Fsp3) is 0.231. The fourth-order valence-electron chi connectivity index (χ4n) is 1.72. The van der Waals surface area contributed by atoms with E-state index in [1.54, 1.807) is 12.5 Å². The number of imidazole rings is 1. The Balaban J connectivity index is 2.04. The van der Waals surface area contributed by atoms with E-state index in [1.807, 2.05) is 32.0 Å². The molecule has 0 radical (unpaired) electrons. The van der Waals surface area contributed by atoms with Crippen molar-refractivity contribution in [2.24, 2.45) is 0 Å². The monoisotopic (exact) mass is 229 g/mol. The predicted molar refractivity (Wildman–Crippen MR) is 65.7 cm³/mol. The van der Waals surface area contributed by atoms with E-state index < -0.39 is 0 Å². The highest BCUT2D eigenvalue weighted by molar-refractivity contribution is 5.95. The van der Waals surface area contributed by atoms with Gasteiger partial charge in [-0.05, 0) is 25.5 Å². The number of amides is 1. The molecule has 1 aromatic heterocycles. The fourth-order valence-corrected chi connectivity index (χ4v) is 1.72.